The number of β-amino-alcohol motifs (C(OH)–C–C–N with tert-alkyl or cyclic N) is 1. The normalized spacial score (nSPS) is 26.7. The van der Waals surface area contributed by atoms with Gasteiger partial charge in [-0.15, -0.1) is 0 Å². The number of aliphatic hydroxyl groups is 1. The Kier molecular flexibility index (Phi) is 2.54. The SMILES string of the molecule is CC(O)CN1C(=O)CC2(CCC2)CC1=O. The van der Waals surface area contributed by atoms with E-state index in [2.05, 4.69) is 0 Å². The van der Waals surface area contributed by atoms with E-state index in [0.29, 0.717) is 12.8 Å². The molecule has 0 aromatic carbocycles. The van der Waals surface area contributed by atoms with Gasteiger partial charge >= 0.3 is 0 Å². The molecule has 1 saturated heterocycles. The van der Waals surface area contributed by atoms with E-state index < -0.39 is 6.10 Å². The lowest BCUT2D eigenvalue weighted by Gasteiger charge is -2.46. The Morgan fingerprint density at radius 3 is 2.20 bits per heavy atom. The third-order valence-corrected chi connectivity index (χ3v) is 3.52. The van der Waals surface area contributed by atoms with E-state index >= 15 is 0 Å². The Balaban J connectivity index is 2.04. The first-order valence-electron chi connectivity index (χ1n) is 5.54. The summed E-state index contributed by atoms with van der Waals surface area (Å²) in [7, 11) is 0. The van der Waals surface area contributed by atoms with Crippen molar-refractivity contribution in [3.05, 3.63) is 0 Å². The van der Waals surface area contributed by atoms with E-state index in [9.17, 15) is 14.7 Å². The van der Waals surface area contributed by atoms with Crippen LogP contribution in [0.15, 0.2) is 0 Å². The van der Waals surface area contributed by atoms with Crippen molar-refractivity contribution in [2.75, 3.05) is 6.54 Å². The Hall–Kier alpha value is -0.900. The first-order chi connectivity index (χ1) is 7.02. The van der Waals surface area contributed by atoms with Crippen LogP contribution in [0.2, 0.25) is 0 Å². The molecule has 0 aromatic rings. The molecular formula is C11H17NO3. The number of amides is 2. The van der Waals surface area contributed by atoms with Gasteiger partial charge in [-0.2, -0.15) is 0 Å². The molecule has 2 amide bonds. The van der Waals surface area contributed by atoms with Gasteiger partial charge in [-0.25, -0.2) is 0 Å². The van der Waals surface area contributed by atoms with Crippen molar-refractivity contribution >= 4 is 11.8 Å². The summed E-state index contributed by atoms with van der Waals surface area (Å²) in [6.45, 7) is 1.74. The molecule has 1 aliphatic heterocycles. The molecule has 1 N–H and O–H groups in total. The highest BCUT2D eigenvalue weighted by molar-refractivity contribution is 5.98. The first kappa shape index (κ1) is 10.6. The van der Waals surface area contributed by atoms with Crippen LogP contribution in [0.3, 0.4) is 0 Å². The maximum Gasteiger partial charge on any atom is 0.229 e. The fraction of sp³-hybridized carbons (Fsp3) is 0.818. The third-order valence-electron chi connectivity index (χ3n) is 3.52. The van der Waals surface area contributed by atoms with Crippen LogP contribution < -0.4 is 0 Å². The smallest absolute Gasteiger partial charge is 0.229 e. The molecule has 0 radical (unpaired) electrons. The van der Waals surface area contributed by atoms with Gasteiger partial charge in [0.15, 0.2) is 0 Å². The Morgan fingerprint density at radius 1 is 1.33 bits per heavy atom. The number of carbonyl (C=O) groups is 2. The molecule has 0 bridgehead atoms. The fourth-order valence-electron chi connectivity index (χ4n) is 2.53. The molecule has 4 nitrogen and oxygen atoms in total. The van der Waals surface area contributed by atoms with Crippen LogP contribution in [-0.4, -0.2) is 34.5 Å². The highest BCUT2D eigenvalue weighted by atomic mass is 16.3. The molecule has 2 rings (SSSR count). The Labute approximate surface area is 89.3 Å². The number of rotatable bonds is 2. The second-order valence-corrected chi connectivity index (χ2v) is 4.95. The van der Waals surface area contributed by atoms with Gasteiger partial charge in [0, 0.05) is 12.8 Å². The number of likely N-dealkylation sites (tertiary alicyclic amines) is 1. The lowest BCUT2D eigenvalue weighted by molar-refractivity contribution is -0.158. The van der Waals surface area contributed by atoms with Gasteiger partial charge in [-0.05, 0) is 25.2 Å². The van der Waals surface area contributed by atoms with Gasteiger partial charge in [0.1, 0.15) is 0 Å². The number of piperidine rings is 1. The zero-order valence-corrected chi connectivity index (χ0v) is 9.03. The lowest BCUT2D eigenvalue weighted by atomic mass is 9.63. The summed E-state index contributed by atoms with van der Waals surface area (Å²) >= 11 is 0. The molecule has 0 aromatic heterocycles. The molecule has 84 valence electrons. The summed E-state index contributed by atoms with van der Waals surface area (Å²) < 4.78 is 0. The molecule has 1 unspecified atom stereocenters. The summed E-state index contributed by atoms with van der Waals surface area (Å²) in [5.41, 5.74) is -0.0106. The molecular weight excluding hydrogens is 194 g/mol. The highest BCUT2D eigenvalue weighted by Crippen LogP contribution is 2.49. The van der Waals surface area contributed by atoms with Crippen LogP contribution in [0.4, 0.5) is 0 Å². The second kappa shape index (κ2) is 3.59. The summed E-state index contributed by atoms with van der Waals surface area (Å²) in [4.78, 5) is 24.7. The molecule has 1 atom stereocenters. The minimum absolute atomic E-state index is 0.0106. The fourth-order valence-corrected chi connectivity index (χ4v) is 2.53. The molecule has 4 heteroatoms. The van der Waals surface area contributed by atoms with E-state index in [1.807, 2.05) is 0 Å². The van der Waals surface area contributed by atoms with E-state index in [1.165, 1.54) is 4.90 Å². The van der Waals surface area contributed by atoms with Gasteiger partial charge in [-0.1, -0.05) is 6.42 Å². The van der Waals surface area contributed by atoms with Crippen molar-refractivity contribution in [3.8, 4) is 0 Å². The quantitative estimate of drug-likeness (QED) is 0.683. The summed E-state index contributed by atoms with van der Waals surface area (Å²) in [5.74, 6) is -0.210. The number of hydrogen-bond donors (Lipinski definition) is 1. The average Bonchev–Trinajstić information content (AvgIpc) is 2.08. The minimum Gasteiger partial charge on any atom is -0.392 e. The largest absolute Gasteiger partial charge is 0.392 e. The molecule has 1 spiro atoms. The molecule has 15 heavy (non-hydrogen) atoms. The Morgan fingerprint density at radius 2 is 1.87 bits per heavy atom. The number of nitrogens with zero attached hydrogens (tertiary/aromatic N) is 1. The maximum absolute atomic E-state index is 11.7. The molecule has 1 aliphatic carbocycles. The second-order valence-electron chi connectivity index (χ2n) is 4.95. The highest BCUT2D eigenvalue weighted by Gasteiger charge is 2.47. The molecule has 1 saturated carbocycles. The van der Waals surface area contributed by atoms with E-state index in [1.54, 1.807) is 6.92 Å². The van der Waals surface area contributed by atoms with Crippen LogP contribution in [0.1, 0.15) is 39.0 Å². The third kappa shape index (κ3) is 1.91. The van der Waals surface area contributed by atoms with Crippen LogP contribution >= 0.6 is 0 Å². The standard InChI is InChI=1S/C11H17NO3/c1-8(13)7-12-9(14)5-11(3-2-4-11)6-10(12)15/h8,13H,2-7H2,1H3. The van der Waals surface area contributed by atoms with Crippen molar-refractivity contribution < 1.29 is 14.7 Å². The van der Waals surface area contributed by atoms with Crippen molar-refractivity contribution in [2.45, 2.75) is 45.1 Å². The predicted octanol–water partition coefficient (Wildman–Crippen LogP) is 0.686. The van der Waals surface area contributed by atoms with Crippen LogP contribution in [-0.2, 0) is 9.59 Å². The maximum atomic E-state index is 11.7. The van der Waals surface area contributed by atoms with Gasteiger partial charge in [-0.3, -0.25) is 14.5 Å². The molecule has 2 fully saturated rings. The topological polar surface area (TPSA) is 57.6 Å². The predicted molar refractivity (Wildman–Crippen MR) is 53.9 cm³/mol. The zero-order chi connectivity index (χ0) is 11.1. The van der Waals surface area contributed by atoms with Crippen LogP contribution in [0, 0.1) is 5.41 Å². The first-order valence-corrected chi connectivity index (χ1v) is 5.54. The van der Waals surface area contributed by atoms with Gasteiger partial charge in [0.25, 0.3) is 0 Å². The van der Waals surface area contributed by atoms with Crippen molar-refractivity contribution in [2.24, 2.45) is 5.41 Å². The summed E-state index contributed by atoms with van der Waals surface area (Å²) in [5, 5.41) is 9.20. The van der Waals surface area contributed by atoms with Gasteiger partial charge in [0.2, 0.25) is 11.8 Å². The zero-order valence-electron chi connectivity index (χ0n) is 9.03. The van der Waals surface area contributed by atoms with Gasteiger partial charge < -0.3 is 5.11 Å². The van der Waals surface area contributed by atoms with Gasteiger partial charge in [0.05, 0.1) is 12.6 Å². The molecule has 1 heterocycles. The minimum atomic E-state index is -0.631. The lowest BCUT2D eigenvalue weighted by Crippen LogP contribution is -2.52. The van der Waals surface area contributed by atoms with Crippen molar-refractivity contribution in [3.63, 3.8) is 0 Å². The van der Waals surface area contributed by atoms with Crippen LogP contribution in [0.5, 0.6) is 0 Å². The van der Waals surface area contributed by atoms with Crippen molar-refractivity contribution in [1.82, 2.24) is 4.90 Å². The van der Waals surface area contributed by atoms with E-state index in [-0.39, 0.29) is 23.8 Å². The number of aliphatic hydroxyl groups excluding tert-OH is 1. The van der Waals surface area contributed by atoms with E-state index in [0.717, 1.165) is 19.3 Å². The summed E-state index contributed by atoms with van der Waals surface area (Å²) in [6.07, 6.45) is 3.50. The molecule has 2 aliphatic rings. The Bertz CT molecular complexity index is 274. The van der Waals surface area contributed by atoms with Crippen LogP contribution in [0.25, 0.3) is 0 Å². The van der Waals surface area contributed by atoms with E-state index in [4.69, 9.17) is 0 Å². The number of carbonyl (C=O) groups excluding carboxylic acids is 2. The van der Waals surface area contributed by atoms with Crippen molar-refractivity contribution in [1.29, 1.82) is 0 Å². The number of hydrogen-bond acceptors (Lipinski definition) is 3. The monoisotopic (exact) mass is 211 g/mol. The number of imide groups is 1. The summed E-state index contributed by atoms with van der Waals surface area (Å²) in [6, 6.07) is 0. The average molecular weight is 211 g/mol.